The molecule has 0 bridgehead atoms. The lowest BCUT2D eigenvalue weighted by molar-refractivity contribution is -0.123. The molecular formula is C18H14Cl3N3O4. The number of carbonyl (C=O) groups excluding carboxylic acids is 2. The molecule has 2 heterocycles. The van der Waals surface area contributed by atoms with Gasteiger partial charge >= 0.3 is 5.97 Å². The van der Waals surface area contributed by atoms with E-state index in [0.717, 1.165) is 0 Å². The fourth-order valence-corrected chi connectivity index (χ4v) is 2.85. The number of esters is 1. The van der Waals surface area contributed by atoms with Gasteiger partial charge < -0.3 is 14.5 Å². The minimum atomic E-state index is -1.10. The minimum Gasteiger partial charge on any atom is -0.452 e. The molecule has 1 aromatic carbocycles. The van der Waals surface area contributed by atoms with Crippen LogP contribution in [0.3, 0.4) is 0 Å². The van der Waals surface area contributed by atoms with Gasteiger partial charge in [-0.05, 0) is 37.3 Å². The van der Waals surface area contributed by atoms with Crippen molar-refractivity contribution in [1.29, 1.82) is 0 Å². The highest BCUT2D eigenvalue weighted by Gasteiger charge is 2.22. The summed E-state index contributed by atoms with van der Waals surface area (Å²) in [7, 11) is 0. The van der Waals surface area contributed by atoms with Crippen molar-refractivity contribution in [1.82, 2.24) is 9.78 Å². The Balaban J connectivity index is 1.60. The first kappa shape index (κ1) is 20.3. The number of anilines is 1. The van der Waals surface area contributed by atoms with Crippen LogP contribution in [0.1, 0.15) is 23.2 Å². The lowest BCUT2D eigenvalue weighted by Crippen LogP contribution is -2.30. The van der Waals surface area contributed by atoms with Gasteiger partial charge in [-0.1, -0.05) is 34.8 Å². The van der Waals surface area contributed by atoms with E-state index in [1.54, 1.807) is 29.2 Å². The molecule has 1 amide bonds. The van der Waals surface area contributed by atoms with Crippen LogP contribution in [0.5, 0.6) is 0 Å². The number of carbonyl (C=O) groups is 2. The van der Waals surface area contributed by atoms with Crippen LogP contribution in [-0.2, 0) is 16.1 Å². The summed E-state index contributed by atoms with van der Waals surface area (Å²) in [5.41, 5.74) is 0.253. The molecule has 146 valence electrons. The molecule has 7 nitrogen and oxygen atoms in total. The van der Waals surface area contributed by atoms with E-state index in [4.69, 9.17) is 44.0 Å². The van der Waals surface area contributed by atoms with Crippen LogP contribution < -0.4 is 5.32 Å². The van der Waals surface area contributed by atoms with E-state index in [0.29, 0.717) is 12.3 Å². The van der Waals surface area contributed by atoms with Crippen LogP contribution in [-0.4, -0.2) is 27.8 Å². The summed E-state index contributed by atoms with van der Waals surface area (Å²) < 4.78 is 12.2. The summed E-state index contributed by atoms with van der Waals surface area (Å²) in [5.74, 6) is -0.851. The lowest BCUT2D eigenvalue weighted by Gasteiger charge is -2.14. The van der Waals surface area contributed by atoms with Crippen LogP contribution >= 0.6 is 34.8 Å². The second kappa shape index (κ2) is 8.68. The molecule has 0 spiro atoms. The van der Waals surface area contributed by atoms with Gasteiger partial charge in [0, 0.05) is 12.4 Å². The molecule has 0 fully saturated rings. The molecule has 3 aromatic rings. The molecule has 10 heteroatoms. The summed E-state index contributed by atoms with van der Waals surface area (Å²) in [6.07, 6.45) is 2.30. The molecule has 0 radical (unpaired) electrons. The second-order valence-corrected chi connectivity index (χ2v) is 6.97. The Morgan fingerprint density at radius 2 is 1.96 bits per heavy atom. The summed E-state index contributed by atoms with van der Waals surface area (Å²) in [6, 6.07) is 7.70. The lowest BCUT2D eigenvalue weighted by atomic mass is 10.3. The highest BCUT2D eigenvalue weighted by Crippen LogP contribution is 2.32. The third-order valence-corrected chi connectivity index (χ3v) is 4.70. The number of aromatic nitrogens is 2. The maximum absolute atomic E-state index is 12.3. The Morgan fingerprint density at radius 3 is 2.68 bits per heavy atom. The molecule has 1 unspecified atom stereocenters. The predicted molar refractivity (Wildman–Crippen MR) is 105 cm³/mol. The number of benzene rings is 1. The Labute approximate surface area is 175 Å². The monoisotopic (exact) mass is 441 g/mol. The largest absolute Gasteiger partial charge is 0.452 e. The summed E-state index contributed by atoms with van der Waals surface area (Å²) in [6.45, 7) is 1.79. The molecule has 1 atom stereocenters. The third-order valence-electron chi connectivity index (χ3n) is 3.66. The highest BCUT2D eigenvalue weighted by molar-refractivity contribution is 6.44. The molecule has 2 aromatic heterocycles. The number of ether oxygens (including phenoxy) is 1. The van der Waals surface area contributed by atoms with E-state index in [1.807, 2.05) is 0 Å². The molecule has 0 aliphatic heterocycles. The van der Waals surface area contributed by atoms with Crippen molar-refractivity contribution >= 4 is 52.4 Å². The van der Waals surface area contributed by atoms with Crippen LogP contribution in [0, 0.1) is 0 Å². The topological polar surface area (TPSA) is 86.4 Å². The Bertz CT molecular complexity index is 1000. The van der Waals surface area contributed by atoms with Crippen molar-refractivity contribution in [3.63, 3.8) is 0 Å². The quantitative estimate of drug-likeness (QED) is 0.443. The SMILES string of the molecule is CC(OC(=O)c1ccc(Cn2cccn2)o1)C(=O)Nc1cc(Cl)c(Cl)cc1Cl. The number of hydrogen-bond acceptors (Lipinski definition) is 5. The average Bonchev–Trinajstić information content (AvgIpc) is 3.32. The number of amides is 1. The number of hydrogen-bond donors (Lipinski definition) is 1. The van der Waals surface area contributed by atoms with Crippen LogP contribution in [0.25, 0.3) is 0 Å². The Kier molecular flexibility index (Phi) is 6.28. The maximum atomic E-state index is 12.3. The Hall–Kier alpha value is -2.48. The van der Waals surface area contributed by atoms with Gasteiger partial charge in [0.2, 0.25) is 5.76 Å². The zero-order valence-corrected chi connectivity index (χ0v) is 16.8. The molecule has 0 saturated heterocycles. The number of rotatable bonds is 6. The third kappa shape index (κ3) is 4.86. The van der Waals surface area contributed by atoms with E-state index >= 15 is 0 Å². The van der Waals surface area contributed by atoms with Gasteiger partial charge in [0.05, 0.1) is 27.3 Å². The van der Waals surface area contributed by atoms with Crippen LogP contribution in [0.15, 0.2) is 47.1 Å². The van der Waals surface area contributed by atoms with Crippen molar-refractivity contribution < 1.29 is 18.7 Å². The highest BCUT2D eigenvalue weighted by atomic mass is 35.5. The van der Waals surface area contributed by atoms with Crippen LogP contribution in [0.4, 0.5) is 5.69 Å². The van der Waals surface area contributed by atoms with Crippen molar-refractivity contribution in [2.75, 3.05) is 5.32 Å². The number of furan rings is 1. The zero-order valence-electron chi connectivity index (χ0n) is 14.5. The average molecular weight is 443 g/mol. The first-order valence-corrected chi connectivity index (χ1v) is 9.19. The normalized spacial score (nSPS) is 11.9. The molecule has 0 aliphatic carbocycles. The van der Waals surface area contributed by atoms with Gasteiger partial charge in [0.15, 0.2) is 6.10 Å². The summed E-state index contributed by atoms with van der Waals surface area (Å²) in [4.78, 5) is 24.5. The van der Waals surface area contributed by atoms with E-state index in [2.05, 4.69) is 10.4 Å². The van der Waals surface area contributed by atoms with E-state index < -0.39 is 18.0 Å². The maximum Gasteiger partial charge on any atom is 0.375 e. The summed E-state index contributed by atoms with van der Waals surface area (Å²) in [5, 5.41) is 7.28. The summed E-state index contributed by atoms with van der Waals surface area (Å²) >= 11 is 17.8. The molecule has 28 heavy (non-hydrogen) atoms. The predicted octanol–water partition coefficient (Wildman–Crippen LogP) is 4.67. The molecule has 0 aliphatic rings. The van der Waals surface area contributed by atoms with Gasteiger partial charge in [-0.15, -0.1) is 0 Å². The zero-order chi connectivity index (χ0) is 20.3. The number of halogens is 3. The molecule has 1 N–H and O–H groups in total. The number of nitrogens with zero attached hydrogens (tertiary/aromatic N) is 2. The fourth-order valence-electron chi connectivity index (χ4n) is 2.25. The molecule has 0 saturated carbocycles. The van der Waals surface area contributed by atoms with Gasteiger partial charge in [-0.3, -0.25) is 9.48 Å². The van der Waals surface area contributed by atoms with Crippen molar-refractivity contribution in [3.8, 4) is 0 Å². The minimum absolute atomic E-state index is 0.0191. The van der Waals surface area contributed by atoms with Crippen molar-refractivity contribution in [2.45, 2.75) is 19.6 Å². The first-order valence-electron chi connectivity index (χ1n) is 8.06. The standard InChI is InChI=1S/C18H14Cl3N3O4/c1-10(17(25)23-15-8-13(20)12(19)7-14(15)21)27-18(26)16-4-3-11(28-16)9-24-6-2-5-22-24/h2-8,10H,9H2,1H3,(H,23,25). The number of nitrogens with one attached hydrogen (secondary N) is 1. The second-order valence-electron chi connectivity index (χ2n) is 5.75. The smallest absolute Gasteiger partial charge is 0.375 e. The van der Waals surface area contributed by atoms with Gasteiger partial charge in [-0.25, -0.2) is 4.79 Å². The van der Waals surface area contributed by atoms with Crippen molar-refractivity contribution in [2.24, 2.45) is 0 Å². The van der Waals surface area contributed by atoms with E-state index in [9.17, 15) is 9.59 Å². The first-order chi connectivity index (χ1) is 13.3. The van der Waals surface area contributed by atoms with Gasteiger partial charge in [0.1, 0.15) is 5.76 Å². The van der Waals surface area contributed by atoms with E-state index in [1.165, 1.54) is 25.1 Å². The molecular weight excluding hydrogens is 429 g/mol. The van der Waals surface area contributed by atoms with Crippen molar-refractivity contribution in [3.05, 3.63) is 69.3 Å². The van der Waals surface area contributed by atoms with E-state index in [-0.39, 0.29) is 26.5 Å². The van der Waals surface area contributed by atoms with Crippen LogP contribution in [0.2, 0.25) is 15.1 Å². The van der Waals surface area contributed by atoms with Gasteiger partial charge in [-0.2, -0.15) is 5.10 Å². The Morgan fingerprint density at radius 1 is 1.21 bits per heavy atom. The molecule has 3 rings (SSSR count). The fraction of sp³-hybridized carbons (Fsp3) is 0.167. The van der Waals surface area contributed by atoms with Gasteiger partial charge in [0.25, 0.3) is 5.91 Å².